The van der Waals surface area contributed by atoms with Crippen molar-refractivity contribution in [1.82, 2.24) is 14.8 Å². The summed E-state index contributed by atoms with van der Waals surface area (Å²) in [6, 6.07) is 8.51. The Morgan fingerprint density at radius 3 is 2.71 bits per heavy atom. The molecule has 9 nitrogen and oxygen atoms in total. The van der Waals surface area contributed by atoms with Crippen molar-refractivity contribution < 1.29 is 24.5 Å². The van der Waals surface area contributed by atoms with Gasteiger partial charge in [-0.2, -0.15) is 0 Å². The smallest absolute Gasteiger partial charge is 0.407 e. The molecular formula is C25H30ClN3O6. The van der Waals surface area contributed by atoms with Gasteiger partial charge >= 0.3 is 6.09 Å². The summed E-state index contributed by atoms with van der Waals surface area (Å²) in [6.45, 7) is 0.697. The number of ether oxygens (including phenoxy) is 1. The van der Waals surface area contributed by atoms with Crippen LogP contribution < -0.4 is 5.56 Å². The molecule has 1 aliphatic heterocycles. The number of pyridine rings is 1. The zero-order chi connectivity index (χ0) is 25.2. The molecule has 0 bridgehead atoms. The van der Waals surface area contributed by atoms with Crippen LogP contribution in [0.5, 0.6) is 0 Å². The van der Waals surface area contributed by atoms with Crippen LogP contribution in [-0.4, -0.2) is 69.8 Å². The lowest BCUT2D eigenvalue weighted by Gasteiger charge is -2.44. The number of likely N-dealkylation sites (tertiary alicyclic amines) is 1. The van der Waals surface area contributed by atoms with Crippen molar-refractivity contribution in [1.29, 1.82) is 0 Å². The molecule has 0 spiro atoms. The highest BCUT2D eigenvalue weighted by Gasteiger charge is 2.50. The first-order chi connectivity index (χ1) is 16.7. The summed E-state index contributed by atoms with van der Waals surface area (Å²) in [4.78, 5) is 43.1. The van der Waals surface area contributed by atoms with Crippen LogP contribution in [0.4, 0.5) is 4.79 Å². The molecule has 0 unspecified atom stereocenters. The van der Waals surface area contributed by atoms with Crippen LogP contribution >= 0.6 is 11.6 Å². The molecule has 1 aromatic carbocycles. The molecule has 2 atom stereocenters. The van der Waals surface area contributed by atoms with Crippen LogP contribution in [0.25, 0.3) is 0 Å². The van der Waals surface area contributed by atoms with Crippen molar-refractivity contribution in [2.45, 2.75) is 43.9 Å². The molecule has 4 rings (SSSR count). The molecule has 1 aliphatic carbocycles. The van der Waals surface area contributed by atoms with Gasteiger partial charge in [-0.15, -0.1) is 0 Å². The number of aliphatic hydroxyl groups is 1. The van der Waals surface area contributed by atoms with Gasteiger partial charge in [-0.3, -0.25) is 9.59 Å². The fourth-order valence-corrected chi connectivity index (χ4v) is 4.92. The first kappa shape index (κ1) is 25.2. The van der Waals surface area contributed by atoms with Crippen molar-refractivity contribution >= 4 is 23.6 Å². The van der Waals surface area contributed by atoms with Gasteiger partial charge in [-0.1, -0.05) is 23.7 Å². The van der Waals surface area contributed by atoms with E-state index in [4.69, 9.17) is 16.3 Å². The van der Waals surface area contributed by atoms with Crippen LogP contribution in [0.15, 0.2) is 41.3 Å². The third-order valence-electron chi connectivity index (χ3n) is 6.90. The largest absolute Gasteiger partial charge is 0.465 e. The summed E-state index contributed by atoms with van der Waals surface area (Å²) >= 11 is 6.48. The minimum absolute atomic E-state index is 0.00489. The van der Waals surface area contributed by atoms with Gasteiger partial charge in [0.05, 0.1) is 12.5 Å². The van der Waals surface area contributed by atoms with Crippen LogP contribution in [0, 0.1) is 5.92 Å². The predicted octanol–water partition coefficient (Wildman–Crippen LogP) is 2.60. The second-order valence-corrected chi connectivity index (χ2v) is 9.67. The van der Waals surface area contributed by atoms with Gasteiger partial charge in [0.25, 0.3) is 0 Å². The molecule has 0 radical (unpaired) electrons. The lowest BCUT2D eigenvalue weighted by atomic mass is 9.75. The molecule has 1 saturated heterocycles. The van der Waals surface area contributed by atoms with Crippen LogP contribution in [0.2, 0.25) is 5.02 Å². The number of carbonyl (C=O) groups excluding carboxylic acids is 1. The minimum Gasteiger partial charge on any atom is -0.465 e. The highest BCUT2D eigenvalue weighted by molar-refractivity contribution is 6.31. The maximum Gasteiger partial charge on any atom is 0.407 e. The van der Waals surface area contributed by atoms with Gasteiger partial charge in [0.2, 0.25) is 11.5 Å². The maximum atomic E-state index is 14.0. The summed E-state index contributed by atoms with van der Waals surface area (Å²) in [5, 5.41) is 21.9. The predicted molar refractivity (Wildman–Crippen MR) is 129 cm³/mol. The molecule has 188 valence electrons. The summed E-state index contributed by atoms with van der Waals surface area (Å²) in [7, 11) is 1.64. The molecule has 10 heteroatoms. The average molecular weight is 504 g/mol. The van der Waals surface area contributed by atoms with Gasteiger partial charge in [0.15, 0.2) is 0 Å². The van der Waals surface area contributed by atoms with E-state index in [1.807, 2.05) is 12.1 Å². The fraction of sp³-hybridized carbons (Fsp3) is 0.480. The molecule has 2 aromatic rings. The van der Waals surface area contributed by atoms with Crippen LogP contribution in [0.1, 0.15) is 36.0 Å². The minimum atomic E-state index is -1.67. The number of nitrogens with zero attached hydrogens (tertiary/aromatic N) is 2. The van der Waals surface area contributed by atoms with Crippen molar-refractivity contribution in [3.05, 3.63) is 68.6 Å². The lowest BCUT2D eigenvalue weighted by Crippen LogP contribution is -2.57. The molecule has 1 saturated carbocycles. The number of hydrogen-bond donors (Lipinski definition) is 3. The molecule has 2 heterocycles. The number of hydrogen-bond acceptors (Lipinski definition) is 5. The quantitative estimate of drug-likeness (QED) is 0.509. The Labute approximate surface area is 208 Å². The van der Waals surface area contributed by atoms with Gasteiger partial charge in [-0.25, -0.2) is 4.79 Å². The second-order valence-electron chi connectivity index (χ2n) is 9.26. The molecule has 3 N–H and O–H groups in total. The monoisotopic (exact) mass is 503 g/mol. The van der Waals surface area contributed by atoms with E-state index in [2.05, 4.69) is 4.98 Å². The van der Waals surface area contributed by atoms with E-state index >= 15 is 0 Å². The highest BCUT2D eigenvalue weighted by atomic mass is 35.5. The molecular weight excluding hydrogens is 474 g/mol. The number of carbonyl (C=O) groups is 2. The summed E-state index contributed by atoms with van der Waals surface area (Å²) in [5.74, 6) is -1.41. The molecule has 1 aromatic heterocycles. The van der Waals surface area contributed by atoms with E-state index in [9.17, 15) is 24.6 Å². The second kappa shape index (κ2) is 10.4. The highest BCUT2D eigenvalue weighted by Crippen LogP contribution is 2.41. The summed E-state index contributed by atoms with van der Waals surface area (Å²) in [5.41, 5.74) is 0.0471. The Hall–Kier alpha value is -2.88. The van der Waals surface area contributed by atoms with Gasteiger partial charge < -0.3 is 29.7 Å². The number of benzene rings is 1. The fourth-order valence-electron chi connectivity index (χ4n) is 4.74. The van der Waals surface area contributed by atoms with E-state index in [0.717, 1.165) is 28.9 Å². The van der Waals surface area contributed by atoms with Crippen molar-refractivity contribution in [2.24, 2.45) is 5.92 Å². The van der Waals surface area contributed by atoms with Gasteiger partial charge in [0.1, 0.15) is 5.60 Å². The van der Waals surface area contributed by atoms with Gasteiger partial charge in [-0.05, 0) is 54.5 Å². The zero-order valence-corrected chi connectivity index (χ0v) is 20.3. The number of halogens is 1. The standard InChI is InChI=1S/C25H30ClN3O6/c1-35-11-7-16-2-5-21(26)17(12-16)14-29(19-3-4-19)23(31)20-15-28(24(32)33)10-8-25(20,34)18-6-9-27-22(30)13-18/h2,5-6,9,12-13,19-20,34H,3-4,7-8,10-11,14-15H2,1H3,(H,27,30)(H,32,33)/t20-,25-/m1/s1. The first-order valence-corrected chi connectivity index (χ1v) is 12.1. The van der Waals surface area contributed by atoms with Crippen molar-refractivity contribution in [2.75, 3.05) is 26.8 Å². The van der Waals surface area contributed by atoms with Crippen LogP contribution in [-0.2, 0) is 28.1 Å². The number of carboxylic acid groups (broad SMARTS) is 1. The summed E-state index contributed by atoms with van der Waals surface area (Å²) in [6.07, 6.45) is 2.63. The Bertz CT molecular complexity index is 1150. The number of aromatic nitrogens is 1. The Morgan fingerprint density at radius 1 is 1.29 bits per heavy atom. The SMILES string of the molecule is COCCc1ccc(Cl)c(CN(C(=O)[C@H]2CN(C(=O)O)CC[C@@]2(O)c2cc[nH]c(=O)c2)C2CC2)c1. The number of amides is 2. The van der Waals surface area contributed by atoms with Crippen molar-refractivity contribution in [3.8, 4) is 0 Å². The topological polar surface area (TPSA) is 123 Å². The number of rotatable bonds is 8. The lowest BCUT2D eigenvalue weighted by molar-refractivity contribution is -0.154. The van der Waals surface area contributed by atoms with E-state index in [1.54, 1.807) is 24.1 Å². The number of aromatic amines is 1. The number of methoxy groups -OCH3 is 1. The normalized spacial score (nSPS) is 22.1. The Morgan fingerprint density at radius 2 is 2.06 bits per heavy atom. The Balaban J connectivity index is 1.67. The van der Waals surface area contributed by atoms with Crippen LogP contribution in [0.3, 0.4) is 0 Å². The number of piperidine rings is 1. The molecule has 2 fully saturated rings. The molecule has 2 aliphatic rings. The summed E-state index contributed by atoms with van der Waals surface area (Å²) < 4.78 is 5.16. The van der Waals surface area contributed by atoms with Gasteiger partial charge in [0, 0.05) is 50.1 Å². The van der Waals surface area contributed by atoms with E-state index < -0.39 is 23.2 Å². The average Bonchev–Trinajstić information content (AvgIpc) is 3.67. The Kier molecular flexibility index (Phi) is 7.49. The molecule has 2 amide bonds. The molecule has 35 heavy (non-hydrogen) atoms. The third-order valence-corrected chi connectivity index (χ3v) is 7.27. The first-order valence-electron chi connectivity index (χ1n) is 11.7. The third kappa shape index (κ3) is 5.52. The van der Waals surface area contributed by atoms with E-state index in [1.165, 1.54) is 12.3 Å². The van der Waals surface area contributed by atoms with Crippen molar-refractivity contribution in [3.63, 3.8) is 0 Å². The number of nitrogens with one attached hydrogen (secondary N) is 1. The number of H-pyrrole nitrogens is 1. The van der Waals surface area contributed by atoms with E-state index in [0.29, 0.717) is 23.6 Å². The van der Waals surface area contributed by atoms with E-state index in [-0.39, 0.29) is 38.0 Å². The maximum absolute atomic E-state index is 14.0. The zero-order valence-electron chi connectivity index (χ0n) is 19.6.